The number of methoxy groups -OCH3 is 1. The molecule has 0 bridgehead atoms. The minimum atomic E-state index is -0.377. The highest BCUT2D eigenvalue weighted by molar-refractivity contribution is 5.97. The van der Waals surface area contributed by atoms with Crippen LogP contribution in [-0.4, -0.2) is 56.8 Å². The fourth-order valence-corrected chi connectivity index (χ4v) is 3.58. The van der Waals surface area contributed by atoms with Crippen molar-refractivity contribution in [1.29, 1.82) is 0 Å². The second-order valence-electron chi connectivity index (χ2n) is 6.99. The summed E-state index contributed by atoms with van der Waals surface area (Å²) >= 11 is 0. The van der Waals surface area contributed by atoms with Crippen LogP contribution in [-0.2, 0) is 9.53 Å². The number of amides is 1. The number of rotatable bonds is 8. The van der Waals surface area contributed by atoms with Crippen LogP contribution in [0.4, 0.5) is 10.1 Å². The molecule has 6 heteroatoms. The molecule has 25 heavy (non-hydrogen) atoms. The van der Waals surface area contributed by atoms with Crippen LogP contribution in [0.2, 0.25) is 0 Å². The Balaban J connectivity index is 1.59. The quantitative estimate of drug-likeness (QED) is 0.723. The van der Waals surface area contributed by atoms with Crippen molar-refractivity contribution >= 4 is 11.6 Å². The van der Waals surface area contributed by atoms with Crippen molar-refractivity contribution in [1.82, 2.24) is 4.90 Å². The molecular weight excluding hydrogens is 323 g/mol. The van der Waals surface area contributed by atoms with E-state index >= 15 is 0 Å². The van der Waals surface area contributed by atoms with Crippen LogP contribution in [0.25, 0.3) is 0 Å². The monoisotopic (exact) mass is 350 g/mol. The van der Waals surface area contributed by atoms with E-state index in [9.17, 15) is 9.18 Å². The summed E-state index contributed by atoms with van der Waals surface area (Å²) in [4.78, 5) is 16.2. The number of halogens is 1. The Hall–Kier alpha value is -1.66. The number of carbonyl (C=O) groups is 1. The van der Waals surface area contributed by atoms with Crippen molar-refractivity contribution in [3.63, 3.8) is 0 Å². The molecule has 0 aliphatic carbocycles. The third kappa shape index (κ3) is 4.30. The van der Waals surface area contributed by atoms with Crippen molar-refractivity contribution in [2.75, 3.05) is 44.8 Å². The molecule has 0 saturated carbocycles. The van der Waals surface area contributed by atoms with Crippen molar-refractivity contribution in [3.8, 4) is 5.75 Å². The van der Waals surface area contributed by atoms with Crippen LogP contribution in [0.3, 0.4) is 0 Å². The molecule has 3 rings (SSSR count). The zero-order chi connectivity index (χ0) is 17.8. The first-order chi connectivity index (χ1) is 12.1. The number of ether oxygens (including phenoxy) is 2. The van der Waals surface area contributed by atoms with E-state index in [0.717, 1.165) is 25.6 Å². The minimum Gasteiger partial charge on any atom is -0.482 e. The van der Waals surface area contributed by atoms with E-state index in [1.165, 1.54) is 31.4 Å². The van der Waals surface area contributed by atoms with Gasteiger partial charge < -0.3 is 19.3 Å². The summed E-state index contributed by atoms with van der Waals surface area (Å²) < 4.78 is 24.6. The van der Waals surface area contributed by atoms with Gasteiger partial charge in [0.25, 0.3) is 5.91 Å². The average Bonchev–Trinajstić information content (AvgIpc) is 2.57. The Labute approximate surface area is 148 Å². The number of hydrogen-bond donors (Lipinski definition) is 0. The summed E-state index contributed by atoms with van der Waals surface area (Å²) in [5.41, 5.74) is 0.489. The predicted octanol–water partition coefficient (Wildman–Crippen LogP) is 2.69. The number of anilines is 1. The summed E-state index contributed by atoms with van der Waals surface area (Å²) in [6.07, 6.45) is 3.72. The molecule has 5 nitrogen and oxygen atoms in total. The lowest BCUT2D eigenvalue weighted by Crippen LogP contribution is -2.53. The van der Waals surface area contributed by atoms with Gasteiger partial charge in [-0.2, -0.15) is 0 Å². The van der Waals surface area contributed by atoms with Gasteiger partial charge in [0.05, 0.1) is 18.3 Å². The van der Waals surface area contributed by atoms with Crippen LogP contribution < -0.4 is 9.64 Å². The fourth-order valence-electron chi connectivity index (χ4n) is 3.58. The van der Waals surface area contributed by atoms with Crippen molar-refractivity contribution in [3.05, 3.63) is 24.0 Å². The highest BCUT2D eigenvalue weighted by Gasteiger charge is 2.32. The molecule has 1 aromatic rings. The van der Waals surface area contributed by atoms with Gasteiger partial charge in [-0.3, -0.25) is 4.79 Å². The molecule has 1 aromatic carbocycles. The summed E-state index contributed by atoms with van der Waals surface area (Å²) in [5, 5.41) is 0. The lowest BCUT2D eigenvalue weighted by Gasteiger charge is -2.42. The standard InChI is InChI=1S/C19H27FN2O3/c1-3-4-5-14-9-21(10-14)11-16(24-2)12-22-17-8-15(20)6-7-18(17)25-13-19(22)23/h6-8,14,16H,3-5,9-13H2,1-2H3/t16-/m1/s1. The predicted molar refractivity (Wildman–Crippen MR) is 94.5 cm³/mol. The topological polar surface area (TPSA) is 42.0 Å². The number of hydrogen-bond acceptors (Lipinski definition) is 4. The lowest BCUT2D eigenvalue weighted by molar-refractivity contribution is -0.121. The fraction of sp³-hybridized carbons (Fsp3) is 0.632. The molecule has 2 aliphatic heterocycles. The Morgan fingerprint density at radius 3 is 2.88 bits per heavy atom. The maximum absolute atomic E-state index is 13.6. The number of fused-ring (bicyclic) bond motifs is 1. The zero-order valence-electron chi connectivity index (χ0n) is 15.0. The van der Waals surface area contributed by atoms with Gasteiger partial charge in [0, 0.05) is 32.8 Å². The molecule has 2 aliphatic rings. The highest BCUT2D eigenvalue weighted by Crippen LogP contribution is 2.33. The number of benzene rings is 1. The molecule has 1 atom stereocenters. The molecule has 0 radical (unpaired) electrons. The van der Waals surface area contributed by atoms with E-state index in [1.54, 1.807) is 18.1 Å². The van der Waals surface area contributed by atoms with Gasteiger partial charge in [0.1, 0.15) is 11.6 Å². The smallest absolute Gasteiger partial charge is 0.265 e. The van der Waals surface area contributed by atoms with Gasteiger partial charge in [0.2, 0.25) is 0 Å². The molecular formula is C19H27FN2O3. The van der Waals surface area contributed by atoms with Crippen LogP contribution in [0.1, 0.15) is 26.2 Å². The first-order valence-corrected chi connectivity index (χ1v) is 9.08. The van der Waals surface area contributed by atoms with Crippen molar-refractivity contribution < 1.29 is 18.7 Å². The van der Waals surface area contributed by atoms with Crippen LogP contribution in [0.5, 0.6) is 5.75 Å². The summed E-state index contributed by atoms with van der Waals surface area (Å²) in [5.74, 6) is 0.791. The van der Waals surface area contributed by atoms with Crippen LogP contribution >= 0.6 is 0 Å². The van der Waals surface area contributed by atoms with E-state index in [1.807, 2.05) is 0 Å². The van der Waals surface area contributed by atoms with Crippen LogP contribution in [0, 0.1) is 11.7 Å². The van der Waals surface area contributed by atoms with E-state index < -0.39 is 0 Å². The molecule has 0 N–H and O–H groups in total. The normalized spacial score (nSPS) is 19.3. The van der Waals surface area contributed by atoms with E-state index in [-0.39, 0.29) is 24.4 Å². The SMILES string of the molecule is CCCCC1CN(C[C@H](CN2C(=O)COc3ccc(F)cc32)OC)C1. The highest BCUT2D eigenvalue weighted by atomic mass is 19.1. The molecule has 138 valence electrons. The van der Waals surface area contributed by atoms with Gasteiger partial charge >= 0.3 is 0 Å². The molecule has 1 fully saturated rings. The molecule has 1 amide bonds. The second kappa shape index (κ2) is 8.15. The zero-order valence-corrected chi connectivity index (χ0v) is 15.0. The Morgan fingerprint density at radius 2 is 2.16 bits per heavy atom. The third-order valence-electron chi connectivity index (χ3n) is 5.04. The number of carbonyl (C=O) groups excluding carboxylic acids is 1. The summed E-state index contributed by atoms with van der Waals surface area (Å²) in [7, 11) is 1.66. The first-order valence-electron chi connectivity index (χ1n) is 9.08. The minimum absolute atomic E-state index is 0.0160. The van der Waals surface area contributed by atoms with Gasteiger partial charge in [0.15, 0.2) is 6.61 Å². The lowest BCUT2D eigenvalue weighted by atomic mass is 9.93. The average molecular weight is 350 g/mol. The largest absolute Gasteiger partial charge is 0.482 e. The van der Waals surface area contributed by atoms with E-state index in [4.69, 9.17) is 9.47 Å². The Kier molecular flexibility index (Phi) is 5.91. The molecule has 0 aromatic heterocycles. The van der Waals surface area contributed by atoms with Crippen molar-refractivity contribution in [2.45, 2.75) is 32.3 Å². The van der Waals surface area contributed by atoms with Gasteiger partial charge in [-0.1, -0.05) is 19.8 Å². The number of likely N-dealkylation sites (tertiary alicyclic amines) is 1. The second-order valence-corrected chi connectivity index (χ2v) is 6.99. The van der Waals surface area contributed by atoms with Crippen LogP contribution in [0.15, 0.2) is 18.2 Å². The Morgan fingerprint density at radius 1 is 1.36 bits per heavy atom. The van der Waals surface area contributed by atoms with Crippen molar-refractivity contribution in [2.24, 2.45) is 5.92 Å². The Bertz CT molecular complexity index is 604. The molecule has 0 unspecified atom stereocenters. The maximum Gasteiger partial charge on any atom is 0.265 e. The summed E-state index contributed by atoms with van der Waals surface area (Å²) in [6, 6.07) is 4.26. The molecule has 2 heterocycles. The maximum atomic E-state index is 13.6. The molecule has 0 spiro atoms. The third-order valence-corrected chi connectivity index (χ3v) is 5.04. The van der Waals surface area contributed by atoms with E-state index in [0.29, 0.717) is 18.0 Å². The van der Waals surface area contributed by atoms with E-state index in [2.05, 4.69) is 11.8 Å². The van der Waals surface area contributed by atoms with Gasteiger partial charge in [-0.25, -0.2) is 4.39 Å². The summed E-state index contributed by atoms with van der Waals surface area (Å²) in [6.45, 7) is 5.60. The van der Waals surface area contributed by atoms with Gasteiger partial charge in [-0.15, -0.1) is 0 Å². The van der Waals surface area contributed by atoms with Gasteiger partial charge in [-0.05, 0) is 24.5 Å². The molecule has 1 saturated heterocycles. The first kappa shape index (κ1) is 18.1. The number of nitrogens with zero attached hydrogens (tertiary/aromatic N) is 2. The number of unbranched alkanes of at least 4 members (excludes halogenated alkanes) is 1.